The lowest BCUT2D eigenvalue weighted by Gasteiger charge is -2.36. The van der Waals surface area contributed by atoms with Crippen molar-refractivity contribution in [1.82, 2.24) is 13.5 Å². The standard InChI is InChI=1S/C17H28N4O5S2/c1-5-27(23,24)21-11-9-20(10-12-21)14(2)17(22)18-15-7-6-8-16(13-15)28(25,26)19(3)4/h6-8,13-14H,5,9-12H2,1-4H3,(H,18,22). The summed E-state index contributed by atoms with van der Waals surface area (Å²) in [6, 6.07) is 5.63. The van der Waals surface area contributed by atoms with Crippen LogP contribution in [0.2, 0.25) is 0 Å². The highest BCUT2D eigenvalue weighted by Crippen LogP contribution is 2.19. The molecule has 9 nitrogen and oxygen atoms in total. The second kappa shape index (κ2) is 8.87. The summed E-state index contributed by atoms with van der Waals surface area (Å²) in [4.78, 5) is 14.6. The number of hydrogen-bond donors (Lipinski definition) is 1. The van der Waals surface area contributed by atoms with Crippen LogP contribution < -0.4 is 5.32 Å². The number of carbonyl (C=O) groups is 1. The van der Waals surface area contributed by atoms with Crippen LogP contribution in [0.1, 0.15) is 13.8 Å². The first kappa shape index (κ1) is 22.8. The van der Waals surface area contributed by atoms with Gasteiger partial charge in [-0.15, -0.1) is 0 Å². The van der Waals surface area contributed by atoms with Gasteiger partial charge in [-0.05, 0) is 32.0 Å². The fourth-order valence-electron chi connectivity index (χ4n) is 2.91. The average Bonchev–Trinajstić information content (AvgIpc) is 2.67. The molecule has 1 saturated heterocycles. The number of benzene rings is 1. The first-order valence-corrected chi connectivity index (χ1v) is 12.1. The Bertz CT molecular complexity index is 907. The lowest BCUT2D eigenvalue weighted by Crippen LogP contribution is -2.54. The van der Waals surface area contributed by atoms with Crippen LogP contribution >= 0.6 is 0 Å². The Morgan fingerprint density at radius 1 is 1.14 bits per heavy atom. The summed E-state index contributed by atoms with van der Waals surface area (Å²) in [5, 5.41) is 2.75. The summed E-state index contributed by atoms with van der Waals surface area (Å²) >= 11 is 0. The van der Waals surface area contributed by atoms with E-state index in [-0.39, 0.29) is 16.6 Å². The number of nitrogens with one attached hydrogen (secondary N) is 1. The Hall–Kier alpha value is -1.53. The minimum Gasteiger partial charge on any atom is -0.325 e. The van der Waals surface area contributed by atoms with Crippen molar-refractivity contribution in [3.05, 3.63) is 24.3 Å². The molecule has 1 aromatic carbocycles. The van der Waals surface area contributed by atoms with Crippen LogP contribution in [0, 0.1) is 0 Å². The fraction of sp³-hybridized carbons (Fsp3) is 0.588. The van der Waals surface area contributed by atoms with Crippen LogP contribution in [0.25, 0.3) is 0 Å². The second-order valence-electron chi connectivity index (χ2n) is 6.82. The predicted molar refractivity (Wildman–Crippen MR) is 108 cm³/mol. The summed E-state index contributed by atoms with van der Waals surface area (Å²) in [6.07, 6.45) is 0. The van der Waals surface area contributed by atoms with Crippen LogP contribution in [0.5, 0.6) is 0 Å². The van der Waals surface area contributed by atoms with Gasteiger partial charge in [0.1, 0.15) is 0 Å². The van der Waals surface area contributed by atoms with Crippen molar-refractivity contribution >= 4 is 31.6 Å². The fourth-order valence-corrected chi connectivity index (χ4v) is 4.94. The normalized spacial score (nSPS) is 18.2. The summed E-state index contributed by atoms with van der Waals surface area (Å²) in [5.41, 5.74) is 0.395. The maximum absolute atomic E-state index is 12.6. The third kappa shape index (κ3) is 5.09. The van der Waals surface area contributed by atoms with Gasteiger partial charge in [-0.25, -0.2) is 21.1 Å². The largest absolute Gasteiger partial charge is 0.325 e. The Labute approximate surface area is 167 Å². The number of anilines is 1. The number of sulfonamides is 2. The van der Waals surface area contributed by atoms with E-state index in [9.17, 15) is 21.6 Å². The van der Waals surface area contributed by atoms with E-state index in [1.165, 1.54) is 30.5 Å². The van der Waals surface area contributed by atoms with Gasteiger partial charge < -0.3 is 5.32 Å². The molecule has 0 aromatic heterocycles. The zero-order valence-electron chi connectivity index (χ0n) is 16.6. The maximum atomic E-state index is 12.6. The van der Waals surface area contributed by atoms with Gasteiger partial charge in [-0.3, -0.25) is 9.69 Å². The minimum atomic E-state index is -3.59. The first-order valence-electron chi connectivity index (χ1n) is 9.04. The van der Waals surface area contributed by atoms with Crippen molar-refractivity contribution in [3.8, 4) is 0 Å². The molecule has 0 saturated carbocycles. The zero-order chi connectivity index (χ0) is 21.1. The maximum Gasteiger partial charge on any atom is 0.242 e. The highest BCUT2D eigenvalue weighted by molar-refractivity contribution is 7.89. The topological polar surface area (TPSA) is 107 Å². The van der Waals surface area contributed by atoms with Crippen molar-refractivity contribution < 1.29 is 21.6 Å². The average molecular weight is 433 g/mol. The molecule has 1 unspecified atom stereocenters. The van der Waals surface area contributed by atoms with Crippen LogP contribution in [0.4, 0.5) is 5.69 Å². The summed E-state index contributed by atoms with van der Waals surface area (Å²) in [6.45, 7) is 4.99. The summed E-state index contributed by atoms with van der Waals surface area (Å²) in [5.74, 6) is -0.207. The van der Waals surface area contributed by atoms with Crippen LogP contribution in [-0.2, 0) is 24.8 Å². The quantitative estimate of drug-likeness (QED) is 0.661. The van der Waals surface area contributed by atoms with E-state index >= 15 is 0 Å². The van der Waals surface area contributed by atoms with Crippen molar-refractivity contribution in [3.63, 3.8) is 0 Å². The van der Waals surface area contributed by atoms with Crippen molar-refractivity contribution in [2.45, 2.75) is 24.8 Å². The predicted octanol–water partition coefficient (Wildman–Crippen LogP) is 0.231. The molecular formula is C17H28N4O5S2. The highest BCUT2D eigenvalue weighted by atomic mass is 32.2. The lowest BCUT2D eigenvalue weighted by atomic mass is 10.2. The molecular weight excluding hydrogens is 404 g/mol. The molecule has 0 spiro atoms. The molecule has 0 bridgehead atoms. The number of rotatable bonds is 7. The molecule has 2 rings (SSSR count). The van der Waals surface area contributed by atoms with Crippen molar-refractivity contribution in [2.24, 2.45) is 0 Å². The molecule has 1 fully saturated rings. The molecule has 1 heterocycles. The monoisotopic (exact) mass is 432 g/mol. The first-order chi connectivity index (χ1) is 13.0. The molecule has 11 heteroatoms. The molecule has 1 atom stereocenters. The molecule has 158 valence electrons. The van der Waals surface area contributed by atoms with Gasteiger partial charge in [0.15, 0.2) is 0 Å². The molecule has 1 amide bonds. The Balaban J connectivity index is 2.02. The lowest BCUT2D eigenvalue weighted by molar-refractivity contribution is -0.121. The number of amides is 1. The van der Waals surface area contributed by atoms with E-state index < -0.39 is 26.1 Å². The molecule has 1 aromatic rings. The highest BCUT2D eigenvalue weighted by Gasteiger charge is 2.30. The van der Waals surface area contributed by atoms with Gasteiger partial charge in [-0.2, -0.15) is 4.31 Å². The Kier molecular flexibility index (Phi) is 7.21. The van der Waals surface area contributed by atoms with Gasteiger partial charge in [-0.1, -0.05) is 6.07 Å². The number of piperazine rings is 1. The molecule has 1 aliphatic heterocycles. The summed E-state index contributed by atoms with van der Waals surface area (Å²) in [7, 11) is -3.92. The van der Waals surface area contributed by atoms with Gasteiger partial charge >= 0.3 is 0 Å². The SMILES string of the molecule is CCS(=O)(=O)N1CCN(C(C)C(=O)Nc2cccc(S(=O)(=O)N(C)C)c2)CC1. The van der Waals surface area contributed by atoms with E-state index in [1.54, 1.807) is 26.0 Å². The third-order valence-electron chi connectivity index (χ3n) is 4.84. The second-order valence-corrected chi connectivity index (χ2v) is 11.2. The third-order valence-corrected chi connectivity index (χ3v) is 8.53. The number of carbonyl (C=O) groups excluding carboxylic acids is 1. The van der Waals surface area contributed by atoms with Crippen molar-refractivity contribution in [1.29, 1.82) is 0 Å². The van der Waals surface area contributed by atoms with Crippen LogP contribution in [0.15, 0.2) is 29.2 Å². The van der Waals surface area contributed by atoms with Gasteiger partial charge in [0, 0.05) is 46.0 Å². The van der Waals surface area contributed by atoms with E-state index in [0.29, 0.717) is 31.9 Å². The van der Waals surface area contributed by atoms with Crippen LogP contribution in [-0.4, -0.2) is 88.3 Å². The molecule has 1 aliphatic rings. The number of hydrogen-bond acceptors (Lipinski definition) is 6. The van der Waals surface area contributed by atoms with E-state index in [4.69, 9.17) is 0 Å². The zero-order valence-corrected chi connectivity index (χ0v) is 18.3. The summed E-state index contributed by atoms with van der Waals surface area (Å²) < 4.78 is 50.9. The Morgan fingerprint density at radius 3 is 2.29 bits per heavy atom. The molecule has 28 heavy (non-hydrogen) atoms. The Morgan fingerprint density at radius 2 is 1.75 bits per heavy atom. The van der Waals surface area contributed by atoms with Gasteiger partial charge in [0.05, 0.1) is 16.7 Å². The number of nitrogens with zero attached hydrogens (tertiary/aromatic N) is 3. The minimum absolute atomic E-state index is 0.0647. The van der Waals surface area contributed by atoms with E-state index in [2.05, 4.69) is 5.32 Å². The van der Waals surface area contributed by atoms with Crippen molar-refractivity contribution in [2.75, 3.05) is 51.3 Å². The van der Waals surface area contributed by atoms with E-state index in [0.717, 1.165) is 4.31 Å². The van der Waals surface area contributed by atoms with E-state index in [1.807, 2.05) is 4.90 Å². The van der Waals surface area contributed by atoms with Gasteiger partial charge in [0.25, 0.3) is 0 Å². The smallest absolute Gasteiger partial charge is 0.242 e. The van der Waals surface area contributed by atoms with Gasteiger partial charge in [0.2, 0.25) is 26.0 Å². The molecule has 0 radical (unpaired) electrons. The molecule has 0 aliphatic carbocycles. The molecule has 1 N–H and O–H groups in total. The van der Waals surface area contributed by atoms with Crippen LogP contribution in [0.3, 0.4) is 0 Å².